The van der Waals surface area contributed by atoms with E-state index in [0.717, 1.165) is 19.1 Å². The van der Waals surface area contributed by atoms with E-state index in [1.165, 1.54) is 148 Å². The van der Waals surface area contributed by atoms with Crippen LogP contribution in [-0.2, 0) is 4.74 Å². The predicted octanol–water partition coefficient (Wildman–Crippen LogP) is 6.48. The third-order valence-electron chi connectivity index (χ3n) is 11.7. The van der Waals surface area contributed by atoms with Crippen LogP contribution in [0.5, 0.6) is 0 Å². The zero-order chi connectivity index (χ0) is 24.2. The smallest absolute Gasteiger partial charge is 0.0594 e. The fourth-order valence-electron chi connectivity index (χ4n) is 9.70. The van der Waals surface area contributed by atoms with Crippen molar-refractivity contribution in [3.8, 4) is 0 Å². The van der Waals surface area contributed by atoms with E-state index in [1.807, 2.05) is 0 Å². The van der Waals surface area contributed by atoms with Gasteiger partial charge in [-0.1, -0.05) is 57.8 Å². The summed E-state index contributed by atoms with van der Waals surface area (Å²) in [5, 5.41) is 0. The summed E-state index contributed by atoms with van der Waals surface area (Å²) < 4.78 is 5.86. The molecule has 0 amide bonds. The Balaban J connectivity index is 1.49. The fraction of sp³-hybridized carbons (Fsp3) is 1.00. The number of ether oxygens (including phenoxy) is 1. The minimum Gasteiger partial charge on any atom is -0.379 e. The fourth-order valence-corrected chi connectivity index (χ4v) is 9.70. The highest BCUT2D eigenvalue weighted by Crippen LogP contribution is 2.52. The van der Waals surface area contributed by atoms with Gasteiger partial charge in [0.15, 0.2) is 0 Å². The summed E-state index contributed by atoms with van der Waals surface area (Å²) in [7, 11) is 4.89. The highest BCUT2D eigenvalue weighted by atomic mass is 16.5. The Morgan fingerprint density at radius 2 is 1.00 bits per heavy atom. The number of hydrogen-bond donors (Lipinski definition) is 0. The Morgan fingerprint density at radius 1 is 0.571 bits per heavy atom. The lowest BCUT2D eigenvalue weighted by Crippen LogP contribution is -2.61. The van der Waals surface area contributed by atoms with Crippen LogP contribution < -0.4 is 0 Å². The van der Waals surface area contributed by atoms with E-state index in [1.54, 1.807) is 0 Å². The molecule has 0 radical (unpaired) electrons. The zero-order valence-electron chi connectivity index (χ0n) is 23.5. The van der Waals surface area contributed by atoms with Crippen molar-refractivity contribution in [2.75, 3.05) is 53.5 Å². The molecular weight excluding hydrogens is 430 g/mol. The highest BCUT2D eigenvalue weighted by molar-refractivity contribution is 5.08. The van der Waals surface area contributed by atoms with Crippen molar-refractivity contribution >= 4 is 0 Å². The van der Waals surface area contributed by atoms with Crippen molar-refractivity contribution in [2.45, 2.75) is 139 Å². The standard InChI is InChI=1S/C31H57N3O/c1-32(2)31(18-8-4-9-19-31)28(26-29(16-10-11-17-29)33-20-12-5-13-21-33)27-30(14-6-3-7-15-30)34-22-24-35-25-23-34/h28H,3-27H2,1-2H3. The lowest BCUT2D eigenvalue weighted by Gasteiger charge is -2.57. The van der Waals surface area contributed by atoms with Gasteiger partial charge in [0.05, 0.1) is 13.2 Å². The molecule has 0 aromatic heterocycles. The van der Waals surface area contributed by atoms with E-state index >= 15 is 0 Å². The molecule has 4 nitrogen and oxygen atoms in total. The van der Waals surface area contributed by atoms with Gasteiger partial charge in [-0.15, -0.1) is 0 Å². The van der Waals surface area contributed by atoms with Crippen LogP contribution in [0.1, 0.15) is 122 Å². The second-order valence-corrected chi connectivity index (χ2v) is 13.5. The van der Waals surface area contributed by atoms with Gasteiger partial charge < -0.3 is 9.64 Å². The molecule has 0 aromatic rings. The molecule has 3 aliphatic carbocycles. The molecule has 0 spiro atoms. The number of likely N-dealkylation sites (tertiary alicyclic amines) is 1. The Bertz CT molecular complexity index is 634. The molecule has 2 heterocycles. The molecule has 3 saturated carbocycles. The summed E-state index contributed by atoms with van der Waals surface area (Å²) in [4.78, 5) is 8.72. The van der Waals surface area contributed by atoms with E-state index in [9.17, 15) is 0 Å². The van der Waals surface area contributed by atoms with E-state index in [2.05, 4.69) is 28.8 Å². The maximum Gasteiger partial charge on any atom is 0.0594 e. The molecule has 4 heteroatoms. The molecule has 5 rings (SSSR count). The van der Waals surface area contributed by atoms with Crippen LogP contribution in [0, 0.1) is 5.92 Å². The van der Waals surface area contributed by atoms with Crippen molar-refractivity contribution in [1.29, 1.82) is 0 Å². The number of rotatable bonds is 8. The van der Waals surface area contributed by atoms with Crippen LogP contribution >= 0.6 is 0 Å². The number of nitrogens with zero attached hydrogens (tertiary/aromatic N) is 3. The van der Waals surface area contributed by atoms with E-state index in [0.29, 0.717) is 16.6 Å². The molecule has 1 atom stereocenters. The summed E-state index contributed by atoms with van der Waals surface area (Å²) in [6.07, 6.45) is 27.5. The first-order valence-corrected chi connectivity index (χ1v) is 15.8. The third kappa shape index (κ3) is 5.52. The average molecular weight is 488 g/mol. The number of piperidine rings is 1. The maximum atomic E-state index is 5.86. The highest BCUT2D eigenvalue weighted by Gasteiger charge is 2.52. The van der Waals surface area contributed by atoms with Crippen LogP contribution in [0.3, 0.4) is 0 Å². The first-order chi connectivity index (χ1) is 17.1. The largest absolute Gasteiger partial charge is 0.379 e. The van der Waals surface area contributed by atoms with Crippen LogP contribution in [-0.4, -0.2) is 84.8 Å². The van der Waals surface area contributed by atoms with Gasteiger partial charge in [0, 0.05) is 29.7 Å². The van der Waals surface area contributed by atoms with Gasteiger partial charge in [0.25, 0.3) is 0 Å². The summed E-state index contributed by atoms with van der Waals surface area (Å²) in [5.41, 5.74) is 1.32. The monoisotopic (exact) mass is 487 g/mol. The summed E-state index contributed by atoms with van der Waals surface area (Å²) in [5.74, 6) is 0.818. The van der Waals surface area contributed by atoms with Crippen molar-refractivity contribution in [3.63, 3.8) is 0 Å². The SMILES string of the molecule is CN(C)C1(C(CC2(N3CCCCC3)CCCC2)CC2(N3CCOCC3)CCCCC2)CCCCC1. The van der Waals surface area contributed by atoms with Gasteiger partial charge in [-0.05, 0) is 97.3 Å². The van der Waals surface area contributed by atoms with Crippen molar-refractivity contribution < 1.29 is 4.74 Å². The molecule has 5 aliphatic rings. The van der Waals surface area contributed by atoms with Crippen LogP contribution in [0.15, 0.2) is 0 Å². The quantitative estimate of drug-likeness (QED) is 0.390. The summed E-state index contributed by atoms with van der Waals surface area (Å²) >= 11 is 0. The van der Waals surface area contributed by atoms with E-state index in [4.69, 9.17) is 4.74 Å². The molecule has 202 valence electrons. The molecule has 2 aliphatic heterocycles. The van der Waals surface area contributed by atoms with Crippen molar-refractivity contribution in [2.24, 2.45) is 5.92 Å². The van der Waals surface area contributed by atoms with Crippen molar-refractivity contribution in [1.82, 2.24) is 14.7 Å². The van der Waals surface area contributed by atoms with Gasteiger partial charge in [0.1, 0.15) is 0 Å². The second-order valence-electron chi connectivity index (χ2n) is 13.5. The summed E-state index contributed by atoms with van der Waals surface area (Å²) in [6.45, 7) is 6.97. The molecule has 0 N–H and O–H groups in total. The number of morpholine rings is 1. The first-order valence-electron chi connectivity index (χ1n) is 15.8. The molecule has 35 heavy (non-hydrogen) atoms. The second kappa shape index (κ2) is 11.7. The minimum absolute atomic E-state index is 0.403. The van der Waals surface area contributed by atoms with E-state index in [-0.39, 0.29) is 0 Å². The van der Waals surface area contributed by atoms with Crippen LogP contribution in [0.25, 0.3) is 0 Å². The van der Waals surface area contributed by atoms with Crippen molar-refractivity contribution in [3.05, 3.63) is 0 Å². The van der Waals surface area contributed by atoms with Crippen LogP contribution in [0.4, 0.5) is 0 Å². The zero-order valence-corrected chi connectivity index (χ0v) is 23.5. The minimum atomic E-state index is 0.403. The Morgan fingerprint density at radius 3 is 1.51 bits per heavy atom. The van der Waals surface area contributed by atoms with Gasteiger partial charge in [-0.25, -0.2) is 0 Å². The van der Waals surface area contributed by atoms with Crippen LogP contribution in [0.2, 0.25) is 0 Å². The molecular formula is C31H57N3O. The molecule has 0 bridgehead atoms. The van der Waals surface area contributed by atoms with Gasteiger partial charge >= 0.3 is 0 Å². The normalized spacial score (nSPS) is 30.9. The third-order valence-corrected chi connectivity index (χ3v) is 11.7. The Labute approximate surface area is 217 Å². The lowest BCUT2D eigenvalue weighted by molar-refractivity contribution is -0.0781. The molecule has 2 saturated heterocycles. The molecule has 1 unspecified atom stereocenters. The molecule has 5 fully saturated rings. The van der Waals surface area contributed by atoms with Gasteiger partial charge in [-0.2, -0.15) is 0 Å². The average Bonchev–Trinajstić information content (AvgIpc) is 3.40. The number of hydrogen-bond acceptors (Lipinski definition) is 4. The van der Waals surface area contributed by atoms with Gasteiger partial charge in [-0.3, -0.25) is 9.80 Å². The van der Waals surface area contributed by atoms with Gasteiger partial charge in [0.2, 0.25) is 0 Å². The molecule has 0 aromatic carbocycles. The Hall–Kier alpha value is -0.160. The maximum absolute atomic E-state index is 5.86. The van der Waals surface area contributed by atoms with E-state index < -0.39 is 0 Å². The topological polar surface area (TPSA) is 19.0 Å². The first kappa shape index (κ1) is 26.4. The summed E-state index contributed by atoms with van der Waals surface area (Å²) in [6, 6.07) is 0. The lowest BCUT2D eigenvalue weighted by atomic mass is 9.61. The predicted molar refractivity (Wildman–Crippen MR) is 147 cm³/mol. The Kier molecular flexibility index (Phi) is 8.84.